The first kappa shape index (κ1) is 12.0. The largest absolute Gasteiger partial charge is 0.311 e. The molecule has 1 rings (SSSR count). The lowest BCUT2D eigenvalue weighted by atomic mass is 9.95. The van der Waals surface area contributed by atoms with E-state index in [1.807, 2.05) is 0 Å². The molecule has 0 aromatic carbocycles. The average molecular weight is 198 g/mol. The Bertz CT molecular complexity index is 175. The molecule has 0 aromatic rings. The molecule has 1 saturated heterocycles. The molecule has 1 aliphatic heterocycles. The lowest BCUT2D eigenvalue weighted by molar-refractivity contribution is 0.0543. The molecule has 1 N–H and O–H groups in total. The Morgan fingerprint density at radius 3 is 2.57 bits per heavy atom. The van der Waals surface area contributed by atoms with Gasteiger partial charge in [0.05, 0.1) is 0 Å². The van der Waals surface area contributed by atoms with Gasteiger partial charge >= 0.3 is 0 Å². The smallest absolute Gasteiger partial charge is 0.0278 e. The maximum atomic E-state index is 3.62. The van der Waals surface area contributed by atoms with Gasteiger partial charge in [0.2, 0.25) is 0 Å². The molecule has 0 saturated carbocycles. The average Bonchev–Trinajstić information content (AvgIpc) is 2.08. The first-order valence-corrected chi connectivity index (χ1v) is 5.94. The summed E-state index contributed by atoms with van der Waals surface area (Å²) in [7, 11) is 0. The van der Waals surface area contributed by atoms with Gasteiger partial charge < -0.3 is 5.32 Å². The number of hydrogen-bond donors (Lipinski definition) is 1. The highest BCUT2D eigenvalue weighted by molar-refractivity contribution is 4.92. The molecule has 0 radical (unpaired) electrons. The summed E-state index contributed by atoms with van der Waals surface area (Å²) in [6, 6.07) is 0.696. The minimum absolute atomic E-state index is 0.329. The molecular formula is C12H26N2. The third-order valence-electron chi connectivity index (χ3n) is 3.20. The Kier molecular flexibility index (Phi) is 3.96. The van der Waals surface area contributed by atoms with Crippen molar-refractivity contribution in [1.29, 1.82) is 0 Å². The van der Waals surface area contributed by atoms with Gasteiger partial charge in [-0.15, -0.1) is 0 Å². The van der Waals surface area contributed by atoms with Gasteiger partial charge in [0.15, 0.2) is 0 Å². The van der Waals surface area contributed by atoms with Crippen LogP contribution in [0, 0.1) is 5.92 Å². The summed E-state index contributed by atoms with van der Waals surface area (Å²) >= 11 is 0. The van der Waals surface area contributed by atoms with Crippen molar-refractivity contribution in [2.24, 2.45) is 5.92 Å². The van der Waals surface area contributed by atoms with Crippen LogP contribution in [0.25, 0.3) is 0 Å². The Hall–Kier alpha value is -0.0800. The van der Waals surface area contributed by atoms with Gasteiger partial charge in [0.1, 0.15) is 0 Å². The number of piperazine rings is 1. The van der Waals surface area contributed by atoms with Gasteiger partial charge in [-0.3, -0.25) is 4.90 Å². The van der Waals surface area contributed by atoms with E-state index in [0.717, 1.165) is 12.5 Å². The zero-order valence-electron chi connectivity index (χ0n) is 10.4. The Balaban J connectivity index is 2.56. The van der Waals surface area contributed by atoms with Gasteiger partial charge in [0, 0.05) is 31.2 Å². The minimum Gasteiger partial charge on any atom is -0.311 e. The lowest BCUT2D eigenvalue weighted by Gasteiger charge is -2.46. The van der Waals surface area contributed by atoms with Crippen molar-refractivity contribution in [2.45, 2.75) is 52.6 Å². The topological polar surface area (TPSA) is 15.3 Å². The standard InChI is InChI=1S/C12H26N2/c1-6-11-8-14(7-10(2)3)12(4,5)9-13-11/h10-11,13H,6-9H2,1-5H3. The molecule has 0 bridgehead atoms. The quantitative estimate of drug-likeness (QED) is 0.747. The predicted molar refractivity (Wildman–Crippen MR) is 62.6 cm³/mol. The third kappa shape index (κ3) is 2.96. The Labute approximate surface area is 89.1 Å². The zero-order valence-corrected chi connectivity index (χ0v) is 10.4. The fourth-order valence-corrected chi connectivity index (χ4v) is 2.12. The van der Waals surface area contributed by atoms with Gasteiger partial charge in [-0.1, -0.05) is 20.8 Å². The van der Waals surface area contributed by atoms with E-state index in [1.54, 1.807) is 0 Å². The Morgan fingerprint density at radius 1 is 1.43 bits per heavy atom. The third-order valence-corrected chi connectivity index (χ3v) is 3.20. The number of nitrogens with zero attached hydrogens (tertiary/aromatic N) is 1. The second-order valence-electron chi connectivity index (χ2n) is 5.60. The molecule has 2 nitrogen and oxygen atoms in total. The normalized spacial score (nSPS) is 28.3. The van der Waals surface area contributed by atoms with Crippen LogP contribution in [0.1, 0.15) is 41.0 Å². The molecule has 1 fully saturated rings. The second-order valence-corrected chi connectivity index (χ2v) is 5.60. The molecule has 0 aromatic heterocycles. The van der Waals surface area contributed by atoms with E-state index in [9.17, 15) is 0 Å². The van der Waals surface area contributed by atoms with E-state index in [2.05, 4.69) is 44.8 Å². The van der Waals surface area contributed by atoms with Crippen LogP contribution in [-0.2, 0) is 0 Å². The fraction of sp³-hybridized carbons (Fsp3) is 1.00. The molecule has 1 heterocycles. The SMILES string of the molecule is CCC1CN(CC(C)C)C(C)(C)CN1. The van der Waals surface area contributed by atoms with E-state index in [-0.39, 0.29) is 0 Å². The van der Waals surface area contributed by atoms with E-state index in [4.69, 9.17) is 0 Å². The summed E-state index contributed by atoms with van der Waals surface area (Å²) in [5.74, 6) is 0.768. The van der Waals surface area contributed by atoms with Crippen molar-refractivity contribution in [1.82, 2.24) is 10.2 Å². The monoisotopic (exact) mass is 198 g/mol. The molecule has 14 heavy (non-hydrogen) atoms. The molecule has 1 atom stereocenters. The van der Waals surface area contributed by atoms with Crippen molar-refractivity contribution in [3.8, 4) is 0 Å². The highest BCUT2D eigenvalue weighted by atomic mass is 15.3. The summed E-state index contributed by atoms with van der Waals surface area (Å²) in [6.07, 6.45) is 1.24. The van der Waals surface area contributed by atoms with Crippen molar-refractivity contribution in [2.75, 3.05) is 19.6 Å². The van der Waals surface area contributed by atoms with Crippen molar-refractivity contribution in [3.63, 3.8) is 0 Å². The zero-order chi connectivity index (χ0) is 10.8. The molecular weight excluding hydrogens is 172 g/mol. The van der Waals surface area contributed by atoms with E-state index < -0.39 is 0 Å². The highest BCUT2D eigenvalue weighted by Crippen LogP contribution is 2.20. The summed E-state index contributed by atoms with van der Waals surface area (Å²) < 4.78 is 0. The van der Waals surface area contributed by atoms with E-state index in [1.165, 1.54) is 19.5 Å². The number of rotatable bonds is 3. The van der Waals surface area contributed by atoms with Gasteiger partial charge in [-0.2, -0.15) is 0 Å². The van der Waals surface area contributed by atoms with Crippen LogP contribution in [0.15, 0.2) is 0 Å². The summed E-state index contributed by atoms with van der Waals surface area (Å²) in [5.41, 5.74) is 0.329. The predicted octanol–water partition coefficient (Wildman–Crippen LogP) is 2.10. The van der Waals surface area contributed by atoms with Crippen molar-refractivity contribution >= 4 is 0 Å². The first-order chi connectivity index (χ1) is 6.45. The molecule has 1 aliphatic rings. The van der Waals surface area contributed by atoms with Crippen molar-refractivity contribution in [3.05, 3.63) is 0 Å². The van der Waals surface area contributed by atoms with Crippen molar-refractivity contribution < 1.29 is 0 Å². The Morgan fingerprint density at radius 2 is 2.07 bits per heavy atom. The summed E-state index contributed by atoms with van der Waals surface area (Å²) in [6.45, 7) is 15.1. The molecule has 2 heteroatoms. The van der Waals surface area contributed by atoms with Crippen LogP contribution in [0.5, 0.6) is 0 Å². The minimum atomic E-state index is 0.329. The molecule has 0 aliphatic carbocycles. The van der Waals surface area contributed by atoms with Crippen LogP contribution in [0.3, 0.4) is 0 Å². The van der Waals surface area contributed by atoms with Gasteiger partial charge in [-0.25, -0.2) is 0 Å². The highest BCUT2D eigenvalue weighted by Gasteiger charge is 2.33. The van der Waals surface area contributed by atoms with E-state index in [0.29, 0.717) is 11.6 Å². The summed E-state index contributed by atoms with van der Waals surface area (Å²) in [5, 5.41) is 3.62. The molecule has 84 valence electrons. The fourth-order valence-electron chi connectivity index (χ4n) is 2.12. The van der Waals surface area contributed by atoms with Crippen LogP contribution < -0.4 is 5.32 Å². The van der Waals surface area contributed by atoms with E-state index >= 15 is 0 Å². The maximum Gasteiger partial charge on any atom is 0.0278 e. The molecule has 1 unspecified atom stereocenters. The second kappa shape index (κ2) is 4.63. The number of nitrogens with one attached hydrogen (secondary N) is 1. The van der Waals surface area contributed by atoms with Gasteiger partial charge in [-0.05, 0) is 26.2 Å². The van der Waals surface area contributed by atoms with Crippen LogP contribution in [0.4, 0.5) is 0 Å². The van der Waals surface area contributed by atoms with Crippen LogP contribution >= 0.6 is 0 Å². The van der Waals surface area contributed by atoms with Crippen LogP contribution in [-0.4, -0.2) is 36.1 Å². The lowest BCUT2D eigenvalue weighted by Crippen LogP contribution is -2.62. The maximum absolute atomic E-state index is 3.62. The summed E-state index contributed by atoms with van der Waals surface area (Å²) in [4.78, 5) is 2.64. The number of hydrogen-bond acceptors (Lipinski definition) is 2. The molecule has 0 amide bonds. The molecule has 0 spiro atoms. The van der Waals surface area contributed by atoms with Crippen LogP contribution in [0.2, 0.25) is 0 Å². The first-order valence-electron chi connectivity index (χ1n) is 5.94. The van der Waals surface area contributed by atoms with Gasteiger partial charge in [0.25, 0.3) is 0 Å².